The van der Waals surface area contributed by atoms with Crippen molar-refractivity contribution in [2.75, 3.05) is 11.9 Å². The van der Waals surface area contributed by atoms with Gasteiger partial charge in [-0.1, -0.05) is 37.3 Å². The fourth-order valence-electron chi connectivity index (χ4n) is 2.80. The fraction of sp³-hybridized carbons (Fsp3) is 0.250. The number of nitrogens with one attached hydrogen (secondary N) is 2. The van der Waals surface area contributed by atoms with E-state index >= 15 is 0 Å². The molecule has 134 valence electrons. The summed E-state index contributed by atoms with van der Waals surface area (Å²) >= 11 is 0. The van der Waals surface area contributed by atoms with Gasteiger partial charge in [-0.3, -0.25) is 9.59 Å². The molecule has 0 atom stereocenters. The minimum Gasteiger partial charge on any atom is -0.356 e. The van der Waals surface area contributed by atoms with Crippen LogP contribution < -0.4 is 10.6 Å². The molecule has 1 aromatic heterocycles. The van der Waals surface area contributed by atoms with Crippen molar-refractivity contribution in [2.24, 2.45) is 0 Å². The van der Waals surface area contributed by atoms with Crippen molar-refractivity contribution in [2.45, 2.75) is 26.3 Å². The summed E-state index contributed by atoms with van der Waals surface area (Å²) in [5.74, 6) is 0.679. The molecule has 1 heterocycles. The average Bonchev–Trinajstić information content (AvgIpc) is 3.00. The lowest BCUT2D eigenvalue weighted by atomic mass is 10.3. The second kappa shape index (κ2) is 8.29. The predicted molar refractivity (Wildman–Crippen MR) is 102 cm³/mol. The van der Waals surface area contributed by atoms with Crippen molar-refractivity contribution >= 4 is 28.5 Å². The molecule has 0 aliphatic rings. The summed E-state index contributed by atoms with van der Waals surface area (Å²) < 4.78 is 1.91. The van der Waals surface area contributed by atoms with Gasteiger partial charge in [0.15, 0.2) is 0 Å². The van der Waals surface area contributed by atoms with E-state index in [2.05, 4.69) is 15.6 Å². The maximum Gasteiger partial charge on any atom is 0.244 e. The Labute approximate surface area is 152 Å². The Morgan fingerprint density at radius 2 is 1.73 bits per heavy atom. The van der Waals surface area contributed by atoms with Gasteiger partial charge in [0.05, 0.1) is 11.0 Å². The summed E-state index contributed by atoms with van der Waals surface area (Å²) in [5, 5.41) is 5.75. The van der Waals surface area contributed by atoms with E-state index in [1.165, 1.54) is 0 Å². The minimum absolute atomic E-state index is 0.00878. The summed E-state index contributed by atoms with van der Waals surface area (Å²) in [6, 6.07) is 17.1. The van der Waals surface area contributed by atoms with Gasteiger partial charge in [-0.25, -0.2) is 4.98 Å². The van der Waals surface area contributed by atoms with Crippen LogP contribution in [-0.2, 0) is 22.6 Å². The maximum absolute atomic E-state index is 12.5. The van der Waals surface area contributed by atoms with Crippen LogP contribution in [0.25, 0.3) is 11.0 Å². The van der Waals surface area contributed by atoms with Gasteiger partial charge in [0.25, 0.3) is 0 Å². The van der Waals surface area contributed by atoms with E-state index in [1.54, 1.807) is 0 Å². The molecule has 6 heteroatoms. The Balaban J connectivity index is 1.77. The first-order valence-electron chi connectivity index (χ1n) is 8.73. The van der Waals surface area contributed by atoms with Crippen LogP contribution in [0.5, 0.6) is 0 Å². The quantitative estimate of drug-likeness (QED) is 0.688. The number of imidazole rings is 1. The summed E-state index contributed by atoms with van der Waals surface area (Å²) in [7, 11) is 0. The van der Waals surface area contributed by atoms with E-state index < -0.39 is 0 Å². The summed E-state index contributed by atoms with van der Waals surface area (Å²) in [6.45, 7) is 2.49. The first-order chi connectivity index (χ1) is 12.7. The van der Waals surface area contributed by atoms with E-state index in [4.69, 9.17) is 0 Å². The maximum atomic E-state index is 12.5. The summed E-state index contributed by atoms with van der Waals surface area (Å²) in [6.07, 6.45) is 1.02. The zero-order valence-corrected chi connectivity index (χ0v) is 14.7. The number of rotatable bonds is 7. The third-order valence-electron chi connectivity index (χ3n) is 4.08. The van der Waals surface area contributed by atoms with Crippen LogP contribution in [0.4, 0.5) is 5.69 Å². The summed E-state index contributed by atoms with van der Waals surface area (Å²) in [5.41, 5.74) is 2.52. The highest BCUT2D eigenvalue weighted by atomic mass is 16.2. The Morgan fingerprint density at radius 3 is 2.50 bits per heavy atom. The van der Waals surface area contributed by atoms with Gasteiger partial charge in [0, 0.05) is 25.1 Å². The smallest absolute Gasteiger partial charge is 0.244 e. The van der Waals surface area contributed by atoms with Crippen molar-refractivity contribution in [3.63, 3.8) is 0 Å². The highest BCUT2D eigenvalue weighted by Gasteiger charge is 2.14. The molecule has 0 unspecified atom stereocenters. The number of nitrogens with zero attached hydrogens (tertiary/aromatic N) is 2. The molecule has 3 rings (SSSR count). The van der Waals surface area contributed by atoms with Gasteiger partial charge in [-0.15, -0.1) is 0 Å². The highest BCUT2D eigenvalue weighted by Crippen LogP contribution is 2.17. The van der Waals surface area contributed by atoms with Crippen molar-refractivity contribution < 1.29 is 9.59 Å². The van der Waals surface area contributed by atoms with Crippen LogP contribution >= 0.6 is 0 Å². The van der Waals surface area contributed by atoms with Crippen LogP contribution in [0.3, 0.4) is 0 Å². The van der Waals surface area contributed by atoms with E-state index in [9.17, 15) is 9.59 Å². The molecular formula is C20H22N4O2. The standard InChI is InChI=1S/C20H22N4O2/c1-2-19(25)21-13-12-18-23-16-10-6-7-11-17(16)24(18)14-20(26)22-15-8-4-3-5-9-15/h3-11H,2,12-14H2,1H3,(H,21,25)(H,22,26). The first kappa shape index (κ1) is 17.7. The van der Waals surface area contributed by atoms with E-state index in [0.29, 0.717) is 19.4 Å². The topological polar surface area (TPSA) is 76.0 Å². The number of para-hydroxylation sites is 3. The SMILES string of the molecule is CCC(=O)NCCc1nc2ccccc2n1CC(=O)Nc1ccccc1. The number of carbonyl (C=O) groups is 2. The lowest BCUT2D eigenvalue weighted by molar-refractivity contribution is -0.120. The van der Waals surface area contributed by atoms with Gasteiger partial charge < -0.3 is 15.2 Å². The average molecular weight is 350 g/mol. The normalized spacial score (nSPS) is 10.7. The molecule has 2 amide bonds. The number of anilines is 1. The van der Waals surface area contributed by atoms with Crippen LogP contribution in [0, 0.1) is 0 Å². The van der Waals surface area contributed by atoms with Crippen molar-refractivity contribution in [1.29, 1.82) is 0 Å². The van der Waals surface area contributed by atoms with Crippen LogP contribution in [-0.4, -0.2) is 27.9 Å². The van der Waals surface area contributed by atoms with Gasteiger partial charge >= 0.3 is 0 Å². The van der Waals surface area contributed by atoms with E-state index in [1.807, 2.05) is 66.1 Å². The van der Waals surface area contributed by atoms with Crippen molar-refractivity contribution in [3.8, 4) is 0 Å². The highest BCUT2D eigenvalue weighted by molar-refractivity contribution is 5.91. The molecule has 26 heavy (non-hydrogen) atoms. The van der Waals surface area contributed by atoms with Crippen LogP contribution in [0.2, 0.25) is 0 Å². The van der Waals surface area contributed by atoms with Gasteiger partial charge in [-0.05, 0) is 24.3 Å². The lowest BCUT2D eigenvalue weighted by Gasteiger charge is -2.10. The molecule has 0 aliphatic heterocycles. The zero-order chi connectivity index (χ0) is 18.4. The molecule has 2 aromatic carbocycles. The third kappa shape index (κ3) is 4.27. The molecule has 2 N–H and O–H groups in total. The second-order valence-electron chi connectivity index (χ2n) is 5.97. The number of amides is 2. The molecule has 0 fully saturated rings. The van der Waals surface area contributed by atoms with E-state index in [0.717, 1.165) is 22.5 Å². The fourth-order valence-corrected chi connectivity index (χ4v) is 2.80. The molecule has 0 saturated carbocycles. The Morgan fingerprint density at radius 1 is 1.00 bits per heavy atom. The van der Waals surface area contributed by atoms with Crippen molar-refractivity contribution in [1.82, 2.24) is 14.9 Å². The monoisotopic (exact) mass is 350 g/mol. The lowest BCUT2D eigenvalue weighted by Crippen LogP contribution is -2.26. The number of fused-ring (bicyclic) bond motifs is 1. The van der Waals surface area contributed by atoms with Crippen molar-refractivity contribution in [3.05, 3.63) is 60.4 Å². The Hall–Kier alpha value is -3.15. The third-order valence-corrected chi connectivity index (χ3v) is 4.08. The molecule has 0 spiro atoms. The number of hydrogen-bond donors (Lipinski definition) is 2. The van der Waals surface area contributed by atoms with Crippen LogP contribution in [0.1, 0.15) is 19.2 Å². The number of aromatic nitrogens is 2. The first-order valence-corrected chi connectivity index (χ1v) is 8.73. The molecule has 0 aliphatic carbocycles. The largest absolute Gasteiger partial charge is 0.356 e. The molecule has 3 aromatic rings. The molecule has 0 bridgehead atoms. The predicted octanol–water partition coefficient (Wildman–Crippen LogP) is 2.74. The number of hydrogen-bond acceptors (Lipinski definition) is 3. The zero-order valence-electron chi connectivity index (χ0n) is 14.7. The number of benzene rings is 2. The Kier molecular flexibility index (Phi) is 5.63. The van der Waals surface area contributed by atoms with Crippen LogP contribution in [0.15, 0.2) is 54.6 Å². The van der Waals surface area contributed by atoms with Gasteiger partial charge in [-0.2, -0.15) is 0 Å². The summed E-state index contributed by atoms with van der Waals surface area (Å²) in [4.78, 5) is 28.5. The minimum atomic E-state index is -0.113. The molecule has 0 saturated heterocycles. The molecular weight excluding hydrogens is 328 g/mol. The Bertz CT molecular complexity index is 903. The van der Waals surface area contributed by atoms with Gasteiger partial charge in [0.1, 0.15) is 12.4 Å². The van der Waals surface area contributed by atoms with Gasteiger partial charge in [0.2, 0.25) is 11.8 Å². The van der Waals surface area contributed by atoms with E-state index in [-0.39, 0.29) is 18.4 Å². The molecule has 0 radical (unpaired) electrons. The molecule has 6 nitrogen and oxygen atoms in total. The number of carbonyl (C=O) groups excluding carboxylic acids is 2. The second-order valence-corrected chi connectivity index (χ2v) is 5.97.